The smallest absolute Gasteiger partial charge is 0.149 e. The molecule has 1 aliphatic carbocycles. The van der Waals surface area contributed by atoms with Gasteiger partial charge in [-0.1, -0.05) is 0 Å². The van der Waals surface area contributed by atoms with Crippen LogP contribution >= 0.6 is 11.8 Å². The largest absolute Gasteiger partial charge is 0.366 e. The summed E-state index contributed by atoms with van der Waals surface area (Å²) in [6, 6.07) is 2.65. The SMILES string of the molecule is CSC1CCC(Nc2cc(C)cnn2)CC1. The highest BCUT2D eigenvalue weighted by molar-refractivity contribution is 7.99. The molecule has 0 aliphatic heterocycles. The van der Waals surface area contributed by atoms with E-state index in [1.165, 1.54) is 25.7 Å². The summed E-state index contributed by atoms with van der Waals surface area (Å²) in [5, 5.41) is 12.4. The maximum Gasteiger partial charge on any atom is 0.149 e. The van der Waals surface area contributed by atoms with Crippen molar-refractivity contribution in [2.45, 2.75) is 43.9 Å². The van der Waals surface area contributed by atoms with Crippen molar-refractivity contribution in [3.63, 3.8) is 0 Å². The average molecular weight is 237 g/mol. The van der Waals surface area contributed by atoms with E-state index < -0.39 is 0 Å². The number of aryl methyl sites for hydroxylation is 1. The van der Waals surface area contributed by atoms with E-state index in [0.29, 0.717) is 6.04 Å². The van der Waals surface area contributed by atoms with Gasteiger partial charge in [0.2, 0.25) is 0 Å². The third-order valence-electron chi connectivity index (χ3n) is 3.15. The molecule has 4 heteroatoms. The molecule has 0 amide bonds. The molecule has 0 spiro atoms. The Hall–Kier alpha value is -0.770. The lowest BCUT2D eigenvalue weighted by atomic mass is 9.95. The molecule has 0 atom stereocenters. The van der Waals surface area contributed by atoms with Gasteiger partial charge < -0.3 is 5.32 Å². The predicted octanol–water partition coefficient (Wildman–Crippen LogP) is 2.87. The van der Waals surface area contributed by atoms with Gasteiger partial charge in [-0.25, -0.2) is 0 Å². The third-order valence-corrected chi connectivity index (χ3v) is 4.29. The van der Waals surface area contributed by atoms with Crippen LogP contribution in [0.3, 0.4) is 0 Å². The van der Waals surface area contributed by atoms with Gasteiger partial charge in [-0.05, 0) is 50.5 Å². The molecule has 1 N–H and O–H groups in total. The molecule has 88 valence electrons. The second-order valence-electron chi connectivity index (χ2n) is 4.47. The van der Waals surface area contributed by atoms with Crippen molar-refractivity contribution >= 4 is 17.6 Å². The van der Waals surface area contributed by atoms with E-state index >= 15 is 0 Å². The van der Waals surface area contributed by atoms with Gasteiger partial charge in [0.05, 0.1) is 6.20 Å². The number of nitrogens with one attached hydrogen (secondary N) is 1. The Balaban J connectivity index is 1.87. The average Bonchev–Trinajstić information content (AvgIpc) is 2.30. The Morgan fingerprint density at radius 3 is 2.69 bits per heavy atom. The molecule has 3 nitrogen and oxygen atoms in total. The molecule has 1 aliphatic rings. The molecule has 2 rings (SSSR count). The van der Waals surface area contributed by atoms with Crippen LogP contribution in [0.4, 0.5) is 5.82 Å². The molecule has 1 fully saturated rings. The number of rotatable bonds is 3. The normalized spacial score (nSPS) is 25.4. The fraction of sp³-hybridized carbons (Fsp3) is 0.667. The van der Waals surface area contributed by atoms with Gasteiger partial charge >= 0.3 is 0 Å². The van der Waals surface area contributed by atoms with E-state index in [2.05, 4.69) is 27.8 Å². The Labute approximate surface area is 101 Å². The first-order valence-corrected chi connectivity index (χ1v) is 7.15. The fourth-order valence-electron chi connectivity index (χ4n) is 2.19. The molecule has 0 bridgehead atoms. The number of thioether (sulfide) groups is 1. The zero-order valence-electron chi connectivity index (χ0n) is 9.94. The first kappa shape index (κ1) is 11.7. The molecule has 1 saturated carbocycles. The van der Waals surface area contributed by atoms with E-state index in [9.17, 15) is 0 Å². The van der Waals surface area contributed by atoms with Crippen molar-refractivity contribution in [3.8, 4) is 0 Å². The lowest BCUT2D eigenvalue weighted by molar-refractivity contribution is 0.472. The fourth-order valence-corrected chi connectivity index (χ4v) is 2.93. The molecule has 0 radical (unpaired) electrons. The van der Waals surface area contributed by atoms with Gasteiger partial charge in [-0.2, -0.15) is 16.9 Å². The highest BCUT2D eigenvalue weighted by Crippen LogP contribution is 2.28. The van der Waals surface area contributed by atoms with Gasteiger partial charge in [-0.3, -0.25) is 0 Å². The van der Waals surface area contributed by atoms with Crippen molar-refractivity contribution < 1.29 is 0 Å². The predicted molar refractivity (Wildman–Crippen MR) is 70.0 cm³/mol. The number of anilines is 1. The van der Waals surface area contributed by atoms with Crippen LogP contribution in [0.15, 0.2) is 12.3 Å². The first-order valence-electron chi connectivity index (χ1n) is 5.86. The summed E-state index contributed by atoms with van der Waals surface area (Å²) in [4.78, 5) is 0. The minimum Gasteiger partial charge on any atom is -0.366 e. The molecule has 1 aromatic rings. The van der Waals surface area contributed by atoms with Gasteiger partial charge in [0.1, 0.15) is 5.82 Å². The molecule has 1 aromatic heterocycles. The summed E-state index contributed by atoms with van der Waals surface area (Å²) in [6.07, 6.45) is 9.14. The van der Waals surface area contributed by atoms with Crippen molar-refractivity contribution in [1.82, 2.24) is 10.2 Å². The van der Waals surface area contributed by atoms with Crippen LogP contribution in [-0.4, -0.2) is 27.7 Å². The summed E-state index contributed by atoms with van der Waals surface area (Å²) >= 11 is 2.00. The van der Waals surface area contributed by atoms with Crippen molar-refractivity contribution in [3.05, 3.63) is 17.8 Å². The number of nitrogens with zero attached hydrogens (tertiary/aromatic N) is 2. The quantitative estimate of drug-likeness (QED) is 0.877. The molecular weight excluding hydrogens is 218 g/mol. The van der Waals surface area contributed by atoms with E-state index in [1.54, 1.807) is 6.20 Å². The lowest BCUT2D eigenvalue weighted by Crippen LogP contribution is -2.27. The Bertz CT molecular complexity index is 335. The zero-order chi connectivity index (χ0) is 11.4. The van der Waals surface area contributed by atoms with Gasteiger partial charge in [-0.15, -0.1) is 5.10 Å². The summed E-state index contributed by atoms with van der Waals surface area (Å²) in [7, 11) is 0. The van der Waals surface area contributed by atoms with Crippen LogP contribution in [0.25, 0.3) is 0 Å². The van der Waals surface area contributed by atoms with Crippen LogP contribution in [0, 0.1) is 6.92 Å². The minimum absolute atomic E-state index is 0.583. The standard InChI is InChI=1S/C12H19N3S/c1-9-7-12(15-13-8-9)14-10-3-5-11(16-2)6-4-10/h7-8,10-11H,3-6H2,1-2H3,(H,14,15). The van der Waals surface area contributed by atoms with Gasteiger partial charge in [0.15, 0.2) is 0 Å². The van der Waals surface area contributed by atoms with Crippen LogP contribution < -0.4 is 5.32 Å². The highest BCUT2D eigenvalue weighted by atomic mass is 32.2. The van der Waals surface area contributed by atoms with Gasteiger partial charge in [0.25, 0.3) is 0 Å². The van der Waals surface area contributed by atoms with Crippen molar-refractivity contribution in [1.29, 1.82) is 0 Å². The first-order chi connectivity index (χ1) is 7.78. The summed E-state index contributed by atoms with van der Waals surface area (Å²) in [5.41, 5.74) is 1.16. The zero-order valence-corrected chi connectivity index (χ0v) is 10.8. The molecular formula is C12H19N3S. The van der Waals surface area contributed by atoms with Crippen LogP contribution in [0.5, 0.6) is 0 Å². The van der Waals surface area contributed by atoms with Crippen LogP contribution in [0.1, 0.15) is 31.2 Å². The van der Waals surface area contributed by atoms with Crippen LogP contribution in [0.2, 0.25) is 0 Å². The third kappa shape index (κ3) is 3.11. The Morgan fingerprint density at radius 2 is 2.06 bits per heavy atom. The van der Waals surface area contributed by atoms with E-state index in [0.717, 1.165) is 16.6 Å². The van der Waals surface area contributed by atoms with Crippen LogP contribution in [-0.2, 0) is 0 Å². The highest BCUT2D eigenvalue weighted by Gasteiger charge is 2.20. The molecule has 0 unspecified atom stereocenters. The van der Waals surface area contributed by atoms with Gasteiger partial charge in [0, 0.05) is 11.3 Å². The maximum absolute atomic E-state index is 4.11. The summed E-state index contributed by atoms with van der Waals surface area (Å²) in [5.74, 6) is 0.924. The summed E-state index contributed by atoms with van der Waals surface area (Å²) in [6.45, 7) is 2.05. The minimum atomic E-state index is 0.583. The number of hydrogen-bond acceptors (Lipinski definition) is 4. The topological polar surface area (TPSA) is 37.8 Å². The van der Waals surface area contributed by atoms with E-state index in [1.807, 2.05) is 18.7 Å². The second-order valence-corrected chi connectivity index (χ2v) is 5.61. The Kier molecular flexibility index (Phi) is 4.04. The van der Waals surface area contributed by atoms with Crippen molar-refractivity contribution in [2.75, 3.05) is 11.6 Å². The molecule has 1 heterocycles. The number of hydrogen-bond donors (Lipinski definition) is 1. The Morgan fingerprint density at radius 1 is 1.31 bits per heavy atom. The second kappa shape index (κ2) is 5.53. The molecule has 16 heavy (non-hydrogen) atoms. The number of aromatic nitrogens is 2. The lowest BCUT2D eigenvalue weighted by Gasteiger charge is -2.28. The van der Waals surface area contributed by atoms with Crippen molar-refractivity contribution in [2.24, 2.45) is 0 Å². The monoisotopic (exact) mass is 237 g/mol. The van der Waals surface area contributed by atoms with E-state index in [4.69, 9.17) is 0 Å². The molecule has 0 aromatic carbocycles. The summed E-state index contributed by atoms with van der Waals surface area (Å²) < 4.78 is 0. The molecule has 0 saturated heterocycles. The maximum atomic E-state index is 4.11. The van der Waals surface area contributed by atoms with E-state index in [-0.39, 0.29) is 0 Å².